The van der Waals surface area contributed by atoms with Crippen molar-refractivity contribution in [2.75, 3.05) is 30.8 Å². The van der Waals surface area contributed by atoms with E-state index in [0.29, 0.717) is 10.6 Å². The van der Waals surface area contributed by atoms with Crippen molar-refractivity contribution in [1.82, 2.24) is 4.90 Å². The molecule has 0 atom stereocenters. The van der Waals surface area contributed by atoms with Gasteiger partial charge >= 0.3 is 11.9 Å². The monoisotopic (exact) mass is 510 g/mol. The third kappa shape index (κ3) is 6.60. The second kappa shape index (κ2) is 12.2. The van der Waals surface area contributed by atoms with Crippen LogP contribution in [0.5, 0.6) is 0 Å². The smallest absolute Gasteiger partial charge is 0.338 e. The number of esters is 2. The maximum absolute atomic E-state index is 12.8. The molecule has 1 aliphatic rings. The molecule has 1 heterocycles. The van der Waals surface area contributed by atoms with Gasteiger partial charge in [-0.15, -0.1) is 0 Å². The minimum atomic E-state index is -0.662. The van der Waals surface area contributed by atoms with Crippen LogP contribution < -0.4 is 5.32 Å². The zero-order chi connectivity index (χ0) is 26.2. The number of hydrogen-bond donors (Lipinski definition) is 1. The first-order valence-electron chi connectivity index (χ1n) is 11.3. The van der Waals surface area contributed by atoms with Gasteiger partial charge in [-0.1, -0.05) is 36.0 Å². The van der Waals surface area contributed by atoms with Gasteiger partial charge in [0.1, 0.15) is 6.54 Å². The van der Waals surface area contributed by atoms with Gasteiger partial charge in [0.15, 0.2) is 5.78 Å². The maximum Gasteiger partial charge on any atom is 0.338 e. The van der Waals surface area contributed by atoms with Crippen molar-refractivity contribution in [3.63, 3.8) is 0 Å². The second-order valence-electron chi connectivity index (χ2n) is 7.72. The van der Waals surface area contributed by atoms with Crippen LogP contribution in [0.2, 0.25) is 0 Å². The lowest BCUT2D eigenvalue weighted by Gasteiger charge is -2.17. The average Bonchev–Trinajstić information content (AvgIpc) is 3.17. The molecule has 2 amide bonds. The van der Waals surface area contributed by atoms with E-state index in [4.69, 9.17) is 9.47 Å². The van der Waals surface area contributed by atoms with E-state index in [0.717, 1.165) is 5.56 Å². The van der Waals surface area contributed by atoms with E-state index in [-0.39, 0.29) is 54.0 Å². The topological polar surface area (TPSA) is 119 Å². The molecule has 0 aromatic heterocycles. The Morgan fingerprint density at radius 2 is 1.61 bits per heavy atom. The second-order valence-corrected chi connectivity index (χ2v) is 8.71. The van der Waals surface area contributed by atoms with Crippen LogP contribution in [0.15, 0.2) is 53.6 Å². The minimum Gasteiger partial charge on any atom is -0.462 e. The van der Waals surface area contributed by atoms with Crippen molar-refractivity contribution in [2.45, 2.75) is 20.8 Å². The number of ether oxygens (including phenoxy) is 2. The number of anilines is 1. The van der Waals surface area contributed by atoms with Gasteiger partial charge in [0.05, 0.1) is 35.1 Å². The van der Waals surface area contributed by atoms with Crippen LogP contribution in [0.25, 0.3) is 0 Å². The van der Waals surface area contributed by atoms with Crippen molar-refractivity contribution in [3.8, 4) is 0 Å². The molecule has 10 heteroatoms. The summed E-state index contributed by atoms with van der Waals surface area (Å²) < 4.78 is 10.0. The lowest BCUT2D eigenvalue weighted by atomic mass is 10.1. The summed E-state index contributed by atoms with van der Waals surface area (Å²) in [5, 5.41) is 2.98. The first kappa shape index (κ1) is 26.7. The fraction of sp³-hybridized carbons (Fsp3) is 0.269. The van der Waals surface area contributed by atoms with E-state index in [1.807, 2.05) is 19.1 Å². The Bertz CT molecular complexity index is 1200. The van der Waals surface area contributed by atoms with Gasteiger partial charge in [-0.25, -0.2) is 9.59 Å². The highest BCUT2D eigenvalue weighted by Gasteiger charge is 2.29. The molecule has 0 saturated carbocycles. The van der Waals surface area contributed by atoms with E-state index in [1.165, 1.54) is 40.9 Å². The summed E-state index contributed by atoms with van der Waals surface area (Å²) in [4.78, 5) is 63.7. The quantitative estimate of drug-likeness (QED) is 0.309. The van der Waals surface area contributed by atoms with Gasteiger partial charge in [-0.2, -0.15) is 0 Å². The molecule has 1 N–H and O–H groups in total. The predicted molar refractivity (Wildman–Crippen MR) is 135 cm³/mol. The first-order valence-corrected chi connectivity index (χ1v) is 12.3. The van der Waals surface area contributed by atoms with Gasteiger partial charge in [-0.3, -0.25) is 19.3 Å². The van der Waals surface area contributed by atoms with Crippen LogP contribution in [-0.2, 0) is 19.1 Å². The number of benzene rings is 2. The lowest BCUT2D eigenvalue weighted by Crippen LogP contribution is -2.34. The summed E-state index contributed by atoms with van der Waals surface area (Å²) in [6.07, 6.45) is 1.35. The Kier molecular flexibility index (Phi) is 9.02. The van der Waals surface area contributed by atoms with Gasteiger partial charge in [0.25, 0.3) is 0 Å². The summed E-state index contributed by atoms with van der Waals surface area (Å²) in [5.41, 5.74) is 1.60. The number of nitrogens with zero attached hydrogens (tertiary/aromatic N) is 1. The van der Waals surface area contributed by atoms with Crippen LogP contribution in [0.3, 0.4) is 0 Å². The SMILES string of the molecule is CCOC(=O)c1cc(NC(=O)CN2C(=O)CSC2=CC(=O)c2ccccc2C)cc(C(=O)OCC)c1. The minimum absolute atomic E-state index is 0.0647. The van der Waals surface area contributed by atoms with E-state index in [9.17, 15) is 24.0 Å². The van der Waals surface area contributed by atoms with Gasteiger partial charge in [0.2, 0.25) is 11.8 Å². The van der Waals surface area contributed by atoms with Crippen molar-refractivity contribution < 1.29 is 33.4 Å². The molecule has 9 nitrogen and oxygen atoms in total. The van der Waals surface area contributed by atoms with E-state index < -0.39 is 17.8 Å². The summed E-state index contributed by atoms with van der Waals surface area (Å²) >= 11 is 1.17. The Balaban J connectivity index is 1.80. The molecule has 1 saturated heterocycles. The largest absolute Gasteiger partial charge is 0.462 e. The number of allylic oxidation sites excluding steroid dienone is 1. The van der Waals surface area contributed by atoms with Crippen LogP contribution in [0.4, 0.5) is 5.69 Å². The molecule has 0 spiro atoms. The molecule has 3 rings (SSSR count). The summed E-state index contributed by atoms with van der Waals surface area (Å²) in [5.74, 6) is -2.37. The van der Waals surface area contributed by atoms with Crippen LogP contribution in [-0.4, -0.2) is 59.9 Å². The molecule has 0 aliphatic carbocycles. The standard InChI is InChI=1S/C26H26N2O7S/c1-4-34-25(32)17-10-18(26(33)35-5-2)12-19(11-17)27-22(30)14-28-23(31)15-36-24(28)13-21(29)20-9-7-6-8-16(20)3/h6-13H,4-5,14-15H2,1-3H3,(H,27,30). The number of thioether (sulfide) groups is 1. The fourth-order valence-corrected chi connectivity index (χ4v) is 4.39. The molecule has 2 aromatic carbocycles. The zero-order valence-corrected chi connectivity index (χ0v) is 21.0. The summed E-state index contributed by atoms with van der Waals surface area (Å²) in [7, 11) is 0. The van der Waals surface area contributed by atoms with E-state index >= 15 is 0 Å². The van der Waals surface area contributed by atoms with Crippen molar-refractivity contribution in [1.29, 1.82) is 0 Å². The lowest BCUT2D eigenvalue weighted by molar-refractivity contribution is -0.129. The molecule has 36 heavy (non-hydrogen) atoms. The van der Waals surface area contributed by atoms with Crippen molar-refractivity contribution in [3.05, 3.63) is 75.8 Å². The van der Waals surface area contributed by atoms with Crippen molar-refractivity contribution in [2.24, 2.45) is 0 Å². The Labute approximate surface area is 212 Å². The Morgan fingerprint density at radius 1 is 1.00 bits per heavy atom. The number of carbonyl (C=O) groups is 5. The molecular weight excluding hydrogens is 484 g/mol. The highest BCUT2D eigenvalue weighted by Crippen LogP contribution is 2.29. The van der Waals surface area contributed by atoms with E-state index in [2.05, 4.69) is 5.32 Å². The number of amides is 2. The first-order chi connectivity index (χ1) is 17.2. The summed E-state index contributed by atoms with van der Waals surface area (Å²) in [6, 6.07) is 11.2. The molecule has 0 bridgehead atoms. The van der Waals surface area contributed by atoms with Crippen LogP contribution in [0, 0.1) is 6.92 Å². The third-order valence-electron chi connectivity index (χ3n) is 5.12. The number of hydrogen-bond acceptors (Lipinski definition) is 8. The molecule has 0 radical (unpaired) electrons. The Hall–Kier alpha value is -3.92. The number of ketones is 1. The number of nitrogens with one attached hydrogen (secondary N) is 1. The molecule has 1 aliphatic heterocycles. The predicted octanol–water partition coefficient (Wildman–Crippen LogP) is 3.59. The van der Waals surface area contributed by atoms with Gasteiger partial charge < -0.3 is 14.8 Å². The fourth-order valence-electron chi connectivity index (χ4n) is 3.45. The summed E-state index contributed by atoms with van der Waals surface area (Å²) in [6.45, 7) is 5.03. The molecule has 1 fully saturated rings. The van der Waals surface area contributed by atoms with Crippen LogP contribution in [0.1, 0.15) is 50.5 Å². The maximum atomic E-state index is 12.8. The number of rotatable bonds is 9. The van der Waals surface area contributed by atoms with E-state index in [1.54, 1.807) is 26.0 Å². The molecule has 2 aromatic rings. The third-order valence-corrected chi connectivity index (χ3v) is 6.14. The van der Waals surface area contributed by atoms with Crippen LogP contribution >= 0.6 is 11.8 Å². The number of aryl methyl sites for hydroxylation is 1. The zero-order valence-electron chi connectivity index (χ0n) is 20.2. The molecular formula is C26H26N2O7S. The number of carbonyl (C=O) groups excluding carboxylic acids is 5. The molecule has 0 unspecified atom stereocenters. The van der Waals surface area contributed by atoms with Gasteiger partial charge in [0, 0.05) is 17.3 Å². The van der Waals surface area contributed by atoms with Gasteiger partial charge in [-0.05, 0) is 44.5 Å². The molecule has 188 valence electrons. The average molecular weight is 511 g/mol. The Morgan fingerprint density at radius 3 is 2.19 bits per heavy atom. The highest BCUT2D eigenvalue weighted by molar-refractivity contribution is 8.04. The normalized spacial score (nSPS) is 14.0. The highest BCUT2D eigenvalue weighted by atomic mass is 32.2. The van der Waals surface area contributed by atoms with Crippen molar-refractivity contribution >= 4 is 47.0 Å².